The summed E-state index contributed by atoms with van der Waals surface area (Å²) in [4.78, 5) is 0. The second kappa shape index (κ2) is 4.68. The number of hydrogen-bond donors (Lipinski definition) is 2. The predicted octanol–water partition coefficient (Wildman–Crippen LogP) is 2.68. The van der Waals surface area contributed by atoms with Crippen molar-refractivity contribution >= 4 is 5.82 Å². The van der Waals surface area contributed by atoms with Crippen molar-refractivity contribution in [3.8, 4) is 17.0 Å². The highest BCUT2D eigenvalue weighted by molar-refractivity contribution is 5.70. The average molecular weight is 249 g/mol. The molecule has 96 valence electrons. The number of aromatic amines is 1. The topological polar surface area (TPSA) is 63.9 Å². The molecule has 0 spiro atoms. The lowest BCUT2D eigenvalue weighted by Crippen LogP contribution is -2.00. The normalized spacial score (nSPS) is 10.7. The molecule has 2 aromatic rings. The summed E-state index contributed by atoms with van der Waals surface area (Å²) >= 11 is 0. The molecular weight excluding hydrogens is 233 g/mol. The van der Waals surface area contributed by atoms with Gasteiger partial charge in [-0.1, -0.05) is 6.92 Å². The number of aromatic nitrogens is 2. The molecule has 0 aliphatic rings. The van der Waals surface area contributed by atoms with E-state index in [0.717, 1.165) is 17.5 Å². The van der Waals surface area contributed by atoms with E-state index in [-0.39, 0.29) is 5.82 Å². The Balaban J connectivity index is 2.70. The number of nitrogens with one attached hydrogen (secondary N) is 1. The summed E-state index contributed by atoms with van der Waals surface area (Å²) in [6.45, 7) is 3.71. The number of benzene rings is 1. The monoisotopic (exact) mass is 249 g/mol. The Kier molecular flexibility index (Phi) is 3.23. The van der Waals surface area contributed by atoms with Crippen LogP contribution in [0, 0.1) is 12.7 Å². The lowest BCUT2D eigenvalue weighted by Gasteiger charge is -2.15. The summed E-state index contributed by atoms with van der Waals surface area (Å²) in [5, 5.41) is 6.66. The van der Waals surface area contributed by atoms with Gasteiger partial charge in [-0.15, -0.1) is 0 Å². The van der Waals surface area contributed by atoms with E-state index in [2.05, 4.69) is 10.2 Å². The Labute approximate surface area is 105 Å². The SMILES string of the molecule is CCc1c(-c2cc(N)n[nH]2)cc(F)c(C)c1OC. The zero-order chi connectivity index (χ0) is 13.3. The smallest absolute Gasteiger partial charge is 0.145 e. The number of anilines is 1. The molecule has 0 saturated carbocycles. The van der Waals surface area contributed by atoms with Crippen LogP contribution in [0.25, 0.3) is 11.3 Å². The maximum atomic E-state index is 13.9. The molecule has 1 aromatic carbocycles. The van der Waals surface area contributed by atoms with E-state index in [1.165, 1.54) is 6.07 Å². The number of methoxy groups -OCH3 is 1. The number of halogens is 1. The Morgan fingerprint density at radius 3 is 2.67 bits per heavy atom. The molecule has 0 fully saturated rings. The first-order chi connectivity index (χ1) is 8.58. The van der Waals surface area contributed by atoms with E-state index < -0.39 is 0 Å². The van der Waals surface area contributed by atoms with E-state index >= 15 is 0 Å². The summed E-state index contributed by atoms with van der Waals surface area (Å²) in [5.74, 6) is 0.667. The minimum Gasteiger partial charge on any atom is -0.496 e. The highest BCUT2D eigenvalue weighted by atomic mass is 19.1. The van der Waals surface area contributed by atoms with E-state index in [4.69, 9.17) is 10.5 Å². The van der Waals surface area contributed by atoms with Gasteiger partial charge in [0.1, 0.15) is 17.4 Å². The van der Waals surface area contributed by atoms with Crippen LogP contribution in [0.3, 0.4) is 0 Å². The van der Waals surface area contributed by atoms with Gasteiger partial charge in [-0.05, 0) is 19.4 Å². The molecular formula is C13H16FN3O. The lowest BCUT2D eigenvalue weighted by atomic mass is 9.98. The van der Waals surface area contributed by atoms with Gasteiger partial charge in [0.15, 0.2) is 0 Å². The molecule has 0 aliphatic carbocycles. The number of ether oxygens (including phenoxy) is 1. The van der Waals surface area contributed by atoms with Crippen LogP contribution < -0.4 is 10.5 Å². The van der Waals surface area contributed by atoms with Crippen LogP contribution in [-0.4, -0.2) is 17.3 Å². The summed E-state index contributed by atoms with van der Waals surface area (Å²) in [7, 11) is 1.55. The van der Waals surface area contributed by atoms with Crippen LogP contribution in [0.2, 0.25) is 0 Å². The van der Waals surface area contributed by atoms with Crippen LogP contribution in [0.5, 0.6) is 5.75 Å². The first-order valence-corrected chi connectivity index (χ1v) is 5.75. The number of hydrogen-bond acceptors (Lipinski definition) is 3. The second-order valence-electron chi connectivity index (χ2n) is 4.10. The zero-order valence-corrected chi connectivity index (χ0v) is 10.7. The summed E-state index contributed by atoms with van der Waals surface area (Å²) in [6.07, 6.45) is 0.735. The van der Waals surface area contributed by atoms with E-state index in [0.29, 0.717) is 22.8 Å². The van der Waals surface area contributed by atoms with Crippen molar-refractivity contribution in [3.63, 3.8) is 0 Å². The molecule has 0 aliphatic heterocycles. The van der Waals surface area contributed by atoms with Crippen LogP contribution >= 0.6 is 0 Å². The third-order valence-corrected chi connectivity index (χ3v) is 3.01. The maximum Gasteiger partial charge on any atom is 0.145 e. The number of H-pyrrole nitrogens is 1. The van der Waals surface area contributed by atoms with Gasteiger partial charge in [0.2, 0.25) is 0 Å². The number of nitrogens with two attached hydrogens (primary N) is 1. The fraction of sp³-hybridized carbons (Fsp3) is 0.308. The Hall–Kier alpha value is -2.04. The Bertz CT molecular complexity index is 578. The fourth-order valence-corrected chi connectivity index (χ4v) is 2.12. The lowest BCUT2D eigenvalue weighted by molar-refractivity contribution is 0.402. The van der Waals surface area contributed by atoms with Gasteiger partial charge < -0.3 is 10.5 Å². The molecule has 18 heavy (non-hydrogen) atoms. The molecule has 4 nitrogen and oxygen atoms in total. The molecule has 3 N–H and O–H groups in total. The van der Waals surface area contributed by atoms with Gasteiger partial charge in [-0.2, -0.15) is 5.10 Å². The molecule has 1 aromatic heterocycles. The van der Waals surface area contributed by atoms with Gasteiger partial charge >= 0.3 is 0 Å². The van der Waals surface area contributed by atoms with Gasteiger partial charge in [-0.3, -0.25) is 5.10 Å². The second-order valence-corrected chi connectivity index (χ2v) is 4.10. The standard InChI is InChI=1S/C13H16FN3O/c1-4-8-9(11-6-12(15)17-16-11)5-10(14)7(2)13(8)18-3/h5-6H,4H2,1-3H3,(H3,15,16,17). The van der Waals surface area contributed by atoms with Gasteiger partial charge in [0.25, 0.3) is 0 Å². The van der Waals surface area contributed by atoms with Crippen molar-refractivity contribution in [2.75, 3.05) is 12.8 Å². The van der Waals surface area contributed by atoms with Crippen LogP contribution in [0.1, 0.15) is 18.1 Å². The minimum atomic E-state index is -0.299. The third kappa shape index (κ3) is 1.92. The number of nitrogens with zero attached hydrogens (tertiary/aromatic N) is 1. The van der Waals surface area contributed by atoms with Crippen molar-refractivity contribution in [2.45, 2.75) is 20.3 Å². The van der Waals surface area contributed by atoms with E-state index in [1.807, 2.05) is 6.92 Å². The molecule has 0 bridgehead atoms. The largest absolute Gasteiger partial charge is 0.496 e. The van der Waals surface area contributed by atoms with E-state index in [1.54, 1.807) is 20.1 Å². The number of rotatable bonds is 3. The molecule has 5 heteroatoms. The summed E-state index contributed by atoms with van der Waals surface area (Å²) in [6, 6.07) is 3.17. The molecule has 0 saturated heterocycles. The van der Waals surface area contributed by atoms with Crippen molar-refractivity contribution in [1.29, 1.82) is 0 Å². The van der Waals surface area contributed by atoms with Gasteiger partial charge in [-0.25, -0.2) is 4.39 Å². The molecule has 0 unspecified atom stereocenters. The Morgan fingerprint density at radius 1 is 1.44 bits per heavy atom. The first kappa shape index (κ1) is 12.4. The average Bonchev–Trinajstić information content (AvgIpc) is 2.78. The molecule has 1 heterocycles. The van der Waals surface area contributed by atoms with Crippen molar-refractivity contribution < 1.29 is 9.13 Å². The highest BCUT2D eigenvalue weighted by Crippen LogP contribution is 2.35. The highest BCUT2D eigenvalue weighted by Gasteiger charge is 2.17. The fourth-order valence-electron chi connectivity index (χ4n) is 2.12. The van der Waals surface area contributed by atoms with Crippen LogP contribution in [0.4, 0.5) is 10.2 Å². The van der Waals surface area contributed by atoms with E-state index in [9.17, 15) is 4.39 Å². The Morgan fingerprint density at radius 2 is 2.17 bits per heavy atom. The van der Waals surface area contributed by atoms with Gasteiger partial charge in [0, 0.05) is 22.8 Å². The molecule has 0 amide bonds. The number of nitrogen functional groups attached to an aromatic ring is 1. The molecule has 2 rings (SSSR count). The zero-order valence-electron chi connectivity index (χ0n) is 10.7. The summed E-state index contributed by atoms with van der Waals surface area (Å²) in [5.41, 5.74) is 8.48. The van der Waals surface area contributed by atoms with Gasteiger partial charge in [0.05, 0.1) is 12.8 Å². The first-order valence-electron chi connectivity index (χ1n) is 5.75. The molecule has 0 radical (unpaired) electrons. The minimum absolute atomic E-state index is 0.299. The third-order valence-electron chi connectivity index (χ3n) is 3.01. The molecule has 0 atom stereocenters. The van der Waals surface area contributed by atoms with Crippen molar-refractivity contribution in [2.24, 2.45) is 0 Å². The van der Waals surface area contributed by atoms with Crippen LogP contribution in [0.15, 0.2) is 12.1 Å². The van der Waals surface area contributed by atoms with Crippen LogP contribution in [-0.2, 0) is 6.42 Å². The maximum absolute atomic E-state index is 13.9. The summed E-state index contributed by atoms with van der Waals surface area (Å²) < 4.78 is 19.2. The van der Waals surface area contributed by atoms with Crippen molar-refractivity contribution in [3.05, 3.63) is 29.1 Å². The predicted molar refractivity (Wildman–Crippen MR) is 69.1 cm³/mol. The van der Waals surface area contributed by atoms with Crippen molar-refractivity contribution in [1.82, 2.24) is 10.2 Å². The quantitative estimate of drug-likeness (QED) is 0.879.